The Morgan fingerprint density at radius 3 is 2.53 bits per heavy atom. The van der Waals surface area contributed by atoms with Gasteiger partial charge in [-0.05, 0) is 18.2 Å². The van der Waals surface area contributed by atoms with Gasteiger partial charge in [0.25, 0.3) is 0 Å². The third kappa shape index (κ3) is 3.51. The highest BCUT2D eigenvalue weighted by Crippen LogP contribution is 2.32. The highest BCUT2D eigenvalue weighted by Gasteiger charge is 2.32. The first-order valence-electron chi connectivity index (χ1n) is 4.54. The van der Waals surface area contributed by atoms with Crippen LogP contribution in [0.5, 0.6) is 5.75 Å². The average molecular weight is 246 g/mol. The van der Waals surface area contributed by atoms with Crippen LogP contribution in [0.1, 0.15) is 15.9 Å². The van der Waals surface area contributed by atoms with E-state index in [-0.39, 0.29) is 12.4 Å². The zero-order valence-electron chi connectivity index (χ0n) is 8.62. The molecule has 0 aliphatic rings. The van der Waals surface area contributed by atoms with E-state index in [4.69, 9.17) is 9.84 Å². The largest absolute Gasteiger partial charge is 0.490 e. The van der Waals surface area contributed by atoms with Gasteiger partial charge in [0.05, 0.1) is 11.1 Å². The Labute approximate surface area is 95.1 Å². The third-order valence-electron chi connectivity index (χ3n) is 1.85. The normalized spacial score (nSPS) is 11.0. The van der Waals surface area contributed by atoms with Crippen LogP contribution < -0.4 is 4.74 Å². The zero-order valence-corrected chi connectivity index (χ0v) is 8.62. The Morgan fingerprint density at radius 1 is 1.41 bits per heavy atom. The monoisotopic (exact) mass is 246 g/mol. The first-order valence-corrected chi connectivity index (χ1v) is 4.54. The number of halogens is 3. The number of benzene rings is 1. The summed E-state index contributed by atoms with van der Waals surface area (Å²) in [6.07, 6.45) is -3.27. The molecule has 0 bridgehead atoms. The summed E-state index contributed by atoms with van der Waals surface area (Å²) in [5, 5.41) is 8.68. The molecule has 0 heterocycles. The van der Waals surface area contributed by atoms with Crippen LogP contribution >= 0.6 is 0 Å². The highest BCUT2D eigenvalue weighted by molar-refractivity contribution is 5.88. The first-order chi connectivity index (χ1) is 7.84. The molecule has 0 fully saturated rings. The lowest BCUT2D eigenvalue weighted by molar-refractivity contribution is -0.137. The van der Waals surface area contributed by atoms with Crippen molar-refractivity contribution in [3.63, 3.8) is 0 Å². The number of hydrogen-bond acceptors (Lipinski definition) is 2. The number of carboxylic acid groups (broad SMARTS) is 1. The fraction of sp³-hybridized carbons (Fsp3) is 0.182. The smallest absolute Gasteiger partial charge is 0.416 e. The molecule has 0 amide bonds. The second-order valence-corrected chi connectivity index (χ2v) is 3.15. The summed E-state index contributed by atoms with van der Waals surface area (Å²) in [6.45, 7) is 3.34. The lowest BCUT2D eigenvalue weighted by Gasteiger charge is -2.10. The van der Waals surface area contributed by atoms with Crippen molar-refractivity contribution < 1.29 is 27.8 Å². The average Bonchev–Trinajstić information content (AvgIpc) is 2.24. The van der Waals surface area contributed by atoms with Gasteiger partial charge in [0, 0.05) is 0 Å². The van der Waals surface area contributed by atoms with E-state index in [1.807, 2.05) is 0 Å². The second-order valence-electron chi connectivity index (χ2n) is 3.15. The van der Waals surface area contributed by atoms with Crippen LogP contribution in [-0.4, -0.2) is 17.7 Å². The van der Waals surface area contributed by atoms with Crippen LogP contribution in [0.15, 0.2) is 30.9 Å². The van der Waals surface area contributed by atoms with Crippen LogP contribution in [0, 0.1) is 0 Å². The van der Waals surface area contributed by atoms with E-state index in [0.717, 1.165) is 12.1 Å². The minimum absolute atomic E-state index is 0.000367. The van der Waals surface area contributed by atoms with Crippen molar-refractivity contribution in [2.75, 3.05) is 6.61 Å². The van der Waals surface area contributed by atoms with Crippen molar-refractivity contribution in [1.82, 2.24) is 0 Å². The fourth-order valence-corrected chi connectivity index (χ4v) is 1.12. The van der Waals surface area contributed by atoms with Crippen molar-refractivity contribution in [3.05, 3.63) is 42.0 Å². The molecule has 1 aromatic rings. The number of hydrogen-bond donors (Lipinski definition) is 1. The molecule has 0 radical (unpaired) electrons. The summed E-state index contributed by atoms with van der Waals surface area (Å²) in [4.78, 5) is 10.7. The van der Waals surface area contributed by atoms with Gasteiger partial charge in [0.2, 0.25) is 0 Å². The van der Waals surface area contributed by atoms with Crippen molar-refractivity contribution in [2.24, 2.45) is 0 Å². The summed E-state index contributed by atoms with van der Waals surface area (Å²) in [5.74, 6) is -1.60. The van der Waals surface area contributed by atoms with Gasteiger partial charge in [0.1, 0.15) is 12.4 Å². The van der Waals surface area contributed by atoms with Gasteiger partial charge in [-0.15, -0.1) is 0 Å². The molecule has 1 rings (SSSR count). The minimum atomic E-state index is -4.61. The quantitative estimate of drug-likeness (QED) is 0.831. The fourth-order valence-electron chi connectivity index (χ4n) is 1.12. The maximum absolute atomic E-state index is 12.5. The Bertz CT molecular complexity index is 438. The van der Waals surface area contributed by atoms with Crippen LogP contribution in [0.3, 0.4) is 0 Å². The lowest BCUT2D eigenvalue weighted by atomic mass is 10.1. The molecule has 0 aliphatic carbocycles. The summed E-state index contributed by atoms with van der Waals surface area (Å²) >= 11 is 0. The molecule has 0 aliphatic heterocycles. The van der Waals surface area contributed by atoms with E-state index >= 15 is 0 Å². The molecule has 92 valence electrons. The molecule has 0 aromatic heterocycles. The summed E-state index contributed by atoms with van der Waals surface area (Å²) in [6, 6.07) is 2.33. The molecule has 0 saturated carbocycles. The highest BCUT2D eigenvalue weighted by atomic mass is 19.4. The molecule has 3 nitrogen and oxygen atoms in total. The first kappa shape index (κ1) is 13.1. The SMILES string of the molecule is C=CCOc1cc(C(=O)O)cc(C(F)(F)F)c1. The Morgan fingerprint density at radius 2 is 2.06 bits per heavy atom. The molecule has 0 unspecified atom stereocenters. The number of rotatable bonds is 4. The van der Waals surface area contributed by atoms with E-state index in [2.05, 4.69) is 6.58 Å². The zero-order chi connectivity index (χ0) is 13.1. The van der Waals surface area contributed by atoms with E-state index in [1.54, 1.807) is 0 Å². The van der Waals surface area contributed by atoms with Gasteiger partial charge in [-0.1, -0.05) is 12.7 Å². The number of ether oxygens (including phenoxy) is 1. The second kappa shape index (κ2) is 4.90. The third-order valence-corrected chi connectivity index (χ3v) is 1.85. The van der Waals surface area contributed by atoms with E-state index in [0.29, 0.717) is 6.07 Å². The van der Waals surface area contributed by atoms with Crippen molar-refractivity contribution in [3.8, 4) is 5.75 Å². The summed E-state index contributed by atoms with van der Waals surface area (Å²) in [7, 11) is 0. The predicted molar refractivity (Wildman–Crippen MR) is 54.1 cm³/mol. The lowest BCUT2D eigenvalue weighted by Crippen LogP contribution is -2.08. The number of carbonyl (C=O) groups is 1. The van der Waals surface area contributed by atoms with Gasteiger partial charge in [0.15, 0.2) is 0 Å². The Balaban J connectivity index is 3.18. The molecular weight excluding hydrogens is 237 g/mol. The standard InChI is InChI=1S/C11H9F3O3/c1-2-3-17-9-5-7(10(15)16)4-8(6-9)11(12,13)14/h2,4-6H,1,3H2,(H,15,16). The van der Waals surface area contributed by atoms with E-state index in [9.17, 15) is 18.0 Å². The molecule has 0 spiro atoms. The van der Waals surface area contributed by atoms with Gasteiger partial charge >= 0.3 is 12.1 Å². The maximum Gasteiger partial charge on any atom is 0.416 e. The molecular formula is C11H9F3O3. The molecule has 6 heteroatoms. The van der Waals surface area contributed by atoms with Crippen LogP contribution in [0.2, 0.25) is 0 Å². The molecule has 0 saturated heterocycles. The van der Waals surface area contributed by atoms with Gasteiger partial charge in [-0.3, -0.25) is 0 Å². The van der Waals surface area contributed by atoms with Crippen LogP contribution in [0.25, 0.3) is 0 Å². The van der Waals surface area contributed by atoms with Gasteiger partial charge in [-0.2, -0.15) is 13.2 Å². The number of aromatic carboxylic acids is 1. The van der Waals surface area contributed by atoms with Crippen LogP contribution in [-0.2, 0) is 6.18 Å². The van der Waals surface area contributed by atoms with Gasteiger partial charge < -0.3 is 9.84 Å². The van der Waals surface area contributed by atoms with Gasteiger partial charge in [-0.25, -0.2) is 4.79 Å². The maximum atomic E-state index is 12.5. The molecule has 1 N–H and O–H groups in total. The summed E-state index contributed by atoms with van der Waals surface area (Å²) in [5.41, 5.74) is -1.53. The molecule has 17 heavy (non-hydrogen) atoms. The number of carboxylic acids is 1. The topological polar surface area (TPSA) is 46.5 Å². The van der Waals surface area contributed by atoms with Crippen molar-refractivity contribution in [1.29, 1.82) is 0 Å². The minimum Gasteiger partial charge on any atom is -0.490 e. The Kier molecular flexibility index (Phi) is 3.77. The van der Waals surface area contributed by atoms with Crippen molar-refractivity contribution in [2.45, 2.75) is 6.18 Å². The van der Waals surface area contributed by atoms with E-state index in [1.165, 1.54) is 6.08 Å². The number of alkyl halides is 3. The van der Waals surface area contributed by atoms with E-state index < -0.39 is 23.3 Å². The summed E-state index contributed by atoms with van der Waals surface area (Å²) < 4.78 is 42.3. The molecule has 1 aromatic carbocycles. The predicted octanol–water partition coefficient (Wildman–Crippen LogP) is 2.97. The Hall–Kier alpha value is -1.98. The van der Waals surface area contributed by atoms with Crippen molar-refractivity contribution >= 4 is 5.97 Å². The van der Waals surface area contributed by atoms with Crippen LogP contribution in [0.4, 0.5) is 13.2 Å². The molecule has 0 atom stereocenters.